The van der Waals surface area contributed by atoms with Crippen molar-refractivity contribution in [2.75, 3.05) is 17.1 Å². The first-order valence-corrected chi connectivity index (χ1v) is 15.3. The number of amides is 2. The summed E-state index contributed by atoms with van der Waals surface area (Å²) in [5.74, 6) is -1.67. The van der Waals surface area contributed by atoms with Gasteiger partial charge in [0, 0.05) is 24.6 Å². The number of carbonyl (C=O) groups excluding carboxylic acids is 2. The minimum Gasteiger partial charge on any atom is -0.352 e. The predicted molar refractivity (Wildman–Crippen MR) is 157 cm³/mol. The van der Waals surface area contributed by atoms with Crippen molar-refractivity contribution in [1.29, 1.82) is 0 Å². The number of anilines is 1. The zero-order valence-electron chi connectivity index (χ0n) is 22.5. The molecule has 0 aliphatic rings. The first-order chi connectivity index (χ1) is 18.9. The molecule has 0 unspecified atom stereocenters. The number of halogens is 3. The number of hydrogen-bond donors (Lipinski definition) is 1. The first-order valence-electron chi connectivity index (χ1n) is 12.7. The van der Waals surface area contributed by atoms with Crippen LogP contribution in [0.3, 0.4) is 0 Å². The molecule has 0 saturated carbocycles. The second-order valence-electron chi connectivity index (χ2n) is 9.50. The van der Waals surface area contributed by atoms with Gasteiger partial charge in [-0.05, 0) is 43.2 Å². The van der Waals surface area contributed by atoms with E-state index in [1.165, 1.54) is 41.3 Å². The Morgan fingerprint density at radius 3 is 2.23 bits per heavy atom. The smallest absolute Gasteiger partial charge is 0.244 e. The van der Waals surface area contributed by atoms with Crippen molar-refractivity contribution < 1.29 is 22.4 Å². The van der Waals surface area contributed by atoms with Gasteiger partial charge in [0.05, 0.1) is 22.0 Å². The highest BCUT2D eigenvalue weighted by atomic mass is 35.5. The Kier molecular flexibility index (Phi) is 11.0. The van der Waals surface area contributed by atoms with Gasteiger partial charge in [-0.25, -0.2) is 12.8 Å². The van der Waals surface area contributed by atoms with Gasteiger partial charge in [-0.15, -0.1) is 0 Å². The molecule has 3 rings (SSSR count). The van der Waals surface area contributed by atoms with E-state index in [0.717, 1.165) is 16.1 Å². The van der Waals surface area contributed by atoms with E-state index in [0.29, 0.717) is 6.42 Å². The monoisotopic (exact) mass is 607 g/mol. The van der Waals surface area contributed by atoms with Crippen molar-refractivity contribution in [3.8, 4) is 0 Å². The fourth-order valence-corrected chi connectivity index (χ4v) is 5.19. The van der Waals surface area contributed by atoms with Crippen LogP contribution in [0, 0.1) is 5.82 Å². The summed E-state index contributed by atoms with van der Waals surface area (Å²) in [7, 11) is -3.98. The third-order valence-corrected chi connectivity index (χ3v) is 8.32. The van der Waals surface area contributed by atoms with Crippen molar-refractivity contribution in [3.05, 3.63) is 99.8 Å². The minimum atomic E-state index is -3.98. The second kappa shape index (κ2) is 14.0. The van der Waals surface area contributed by atoms with Gasteiger partial charge >= 0.3 is 0 Å². The third-order valence-electron chi connectivity index (χ3n) is 6.44. The molecule has 0 bridgehead atoms. The van der Waals surface area contributed by atoms with E-state index in [1.807, 2.05) is 44.2 Å². The van der Waals surface area contributed by atoms with Crippen molar-refractivity contribution >= 4 is 50.7 Å². The Bertz CT molecular complexity index is 1440. The van der Waals surface area contributed by atoms with Crippen molar-refractivity contribution in [2.45, 2.75) is 45.3 Å². The molecule has 0 aliphatic heterocycles. The van der Waals surface area contributed by atoms with Gasteiger partial charge < -0.3 is 10.2 Å². The average Bonchev–Trinajstić information content (AvgIpc) is 2.91. The van der Waals surface area contributed by atoms with E-state index in [9.17, 15) is 22.4 Å². The van der Waals surface area contributed by atoms with Gasteiger partial charge in [0.25, 0.3) is 0 Å². The molecule has 3 aromatic carbocycles. The standard InChI is InChI=1S/C29H32Cl2FN3O4S/c1-4-20(2)33-29(37)27(16-21-10-6-5-7-11-21)34(18-22-12-8-9-13-26(22)32)28(36)19-35(40(3,38)39)23-14-15-24(30)25(31)17-23/h5-15,17,20,27H,4,16,18-19H2,1-3H3,(H,33,37)/t20-,27-/m0/s1. The van der Waals surface area contributed by atoms with E-state index in [-0.39, 0.29) is 40.3 Å². The van der Waals surface area contributed by atoms with Crippen molar-refractivity contribution in [1.82, 2.24) is 10.2 Å². The Hall–Kier alpha value is -3.14. The van der Waals surface area contributed by atoms with Crippen LogP contribution in [0.25, 0.3) is 0 Å². The molecule has 0 spiro atoms. The number of nitrogens with one attached hydrogen (secondary N) is 1. The van der Waals surface area contributed by atoms with Crippen LogP contribution in [0.1, 0.15) is 31.4 Å². The molecule has 2 atom stereocenters. The quantitative estimate of drug-likeness (QED) is 0.296. The molecular weight excluding hydrogens is 576 g/mol. The topological polar surface area (TPSA) is 86.8 Å². The van der Waals surface area contributed by atoms with Crippen LogP contribution in [0.5, 0.6) is 0 Å². The maximum Gasteiger partial charge on any atom is 0.244 e. The molecule has 1 N–H and O–H groups in total. The summed E-state index contributed by atoms with van der Waals surface area (Å²) in [6.45, 7) is 2.86. The summed E-state index contributed by atoms with van der Waals surface area (Å²) in [6, 6.07) is 18.0. The molecule has 0 aliphatic carbocycles. The molecule has 7 nitrogen and oxygen atoms in total. The van der Waals surface area contributed by atoms with Gasteiger partial charge in [-0.2, -0.15) is 0 Å². The van der Waals surface area contributed by atoms with Crippen LogP contribution in [0.15, 0.2) is 72.8 Å². The molecule has 214 valence electrons. The Balaban J connectivity index is 2.08. The van der Waals surface area contributed by atoms with Gasteiger partial charge in [0.1, 0.15) is 18.4 Å². The fourth-order valence-electron chi connectivity index (χ4n) is 4.06. The second-order valence-corrected chi connectivity index (χ2v) is 12.2. The lowest BCUT2D eigenvalue weighted by atomic mass is 10.0. The lowest BCUT2D eigenvalue weighted by Crippen LogP contribution is -2.54. The highest BCUT2D eigenvalue weighted by Crippen LogP contribution is 2.29. The minimum absolute atomic E-state index is 0.110. The van der Waals surface area contributed by atoms with Gasteiger partial charge in [0.15, 0.2) is 0 Å². The summed E-state index contributed by atoms with van der Waals surface area (Å²) in [6.07, 6.45) is 1.75. The molecule has 0 saturated heterocycles. The van der Waals surface area contributed by atoms with Crippen LogP contribution < -0.4 is 9.62 Å². The third kappa shape index (κ3) is 8.43. The number of carbonyl (C=O) groups is 2. The van der Waals surface area contributed by atoms with E-state index < -0.39 is 40.2 Å². The Morgan fingerprint density at radius 1 is 0.975 bits per heavy atom. The Labute approximate surface area is 244 Å². The van der Waals surface area contributed by atoms with E-state index >= 15 is 0 Å². The molecule has 40 heavy (non-hydrogen) atoms. The summed E-state index contributed by atoms with van der Waals surface area (Å²) in [4.78, 5) is 28.8. The van der Waals surface area contributed by atoms with Gasteiger partial charge in [0.2, 0.25) is 21.8 Å². The van der Waals surface area contributed by atoms with Crippen LogP contribution in [0.2, 0.25) is 10.0 Å². The zero-order chi connectivity index (χ0) is 29.4. The summed E-state index contributed by atoms with van der Waals surface area (Å²) in [5, 5.41) is 3.25. The number of nitrogens with zero attached hydrogens (tertiary/aromatic N) is 2. The molecule has 0 fully saturated rings. The molecule has 0 heterocycles. The number of hydrogen-bond acceptors (Lipinski definition) is 4. The SMILES string of the molecule is CC[C@H](C)NC(=O)[C@H](Cc1ccccc1)N(Cc1ccccc1F)C(=O)CN(c1ccc(Cl)c(Cl)c1)S(C)(=O)=O. The van der Waals surface area contributed by atoms with Crippen LogP contribution in [-0.2, 0) is 32.6 Å². The van der Waals surface area contributed by atoms with Gasteiger partial charge in [-0.3, -0.25) is 13.9 Å². The lowest BCUT2D eigenvalue weighted by Gasteiger charge is -2.34. The normalized spacial score (nSPS) is 12.8. The number of sulfonamides is 1. The first kappa shape index (κ1) is 31.4. The van der Waals surface area contributed by atoms with Gasteiger partial charge in [-0.1, -0.05) is 78.7 Å². The molecule has 2 amide bonds. The van der Waals surface area contributed by atoms with Crippen molar-refractivity contribution in [3.63, 3.8) is 0 Å². The summed E-state index contributed by atoms with van der Waals surface area (Å²) < 4.78 is 41.3. The molecule has 11 heteroatoms. The summed E-state index contributed by atoms with van der Waals surface area (Å²) >= 11 is 12.1. The fraction of sp³-hybridized carbons (Fsp3) is 0.310. The summed E-state index contributed by atoms with van der Waals surface area (Å²) in [5.41, 5.74) is 1.09. The van der Waals surface area contributed by atoms with Crippen LogP contribution in [0.4, 0.5) is 10.1 Å². The zero-order valence-corrected chi connectivity index (χ0v) is 24.8. The lowest BCUT2D eigenvalue weighted by molar-refractivity contribution is -0.140. The maximum atomic E-state index is 14.8. The molecular formula is C29H32Cl2FN3O4S. The molecule has 3 aromatic rings. The largest absolute Gasteiger partial charge is 0.352 e. The van der Waals surface area contributed by atoms with Crippen molar-refractivity contribution in [2.24, 2.45) is 0 Å². The van der Waals surface area contributed by atoms with E-state index in [1.54, 1.807) is 6.07 Å². The molecule has 0 radical (unpaired) electrons. The predicted octanol–water partition coefficient (Wildman–Crippen LogP) is 5.45. The molecule has 0 aromatic heterocycles. The number of benzene rings is 3. The highest BCUT2D eigenvalue weighted by molar-refractivity contribution is 7.92. The van der Waals surface area contributed by atoms with E-state index in [4.69, 9.17) is 23.2 Å². The van der Waals surface area contributed by atoms with E-state index in [2.05, 4.69) is 5.32 Å². The maximum absolute atomic E-state index is 14.8. The highest BCUT2D eigenvalue weighted by Gasteiger charge is 2.34. The Morgan fingerprint density at radius 2 is 1.62 bits per heavy atom. The van der Waals surface area contributed by atoms with Crippen LogP contribution >= 0.6 is 23.2 Å². The average molecular weight is 609 g/mol. The number of rotatable bonds is 12. The van der Waals surface area contributed by atoms with Crippen LogP contribution in [-0.4, -0.2) is 50.0 Å².